The molecule has 128 valence electrons. The lowest BCUT2D eigenvalue weighted by atomic mass is 10.3. The number of rotatable bonds is 5. The van der Waals surface area contributed by atoms with Crippen LogP contribution in [0.15, 0.2) is 29.3 Å². The molecule has 1 fully saturated rings. The van der Waals surface area contributed by atoms with Crippen LogP contribution in [0.4, 0.5) is 14.5 Å². The number of carbonyl (C=O) groups excluding carboxylic acids is 3. The molecule has 1 N–H and O–H groups in total. The van der Waals surface area contributed by atoms with Crippen LogP contribution in [0.3, 0.4) is 0 Å². The number of para-hydroxylation sites is 1. The fourth-order valence-corrected chi connectivity index (χ4v) is 2.85. The first-order valence-electron chi connectivity index (χ1n) is 6.97. The van der Waals surface area contributed by atoms with Gasteiger partial charge in [-0.15, -0.1) is 0 Å². The Morgan fingerprint density at radius 3 is 2.67 bits per heavy atom. The van der Waals surface area contributed by atoms with E-state index in [1.807, 2.05) is 0 Å². The molecule has 0 bridgehead atoms. The van der Waals surface area contributed by atoms with Gasteiger partial charge >= 0.3 is 5.97 Å². The molecule has 0 atom stereocenters. The van der Waals surface area contributed by atoms with E-state index in [9.17, 15) is 23.2 Å². The summed E-state index contributed by atoms with van der Waals surface area (Å²) in [6.07, 6.45) is 1.11. The van der Waals surface area contributed by atoms with Gasteiger partial charge in [0.2, 0.25) is 11.8 Å². The summed E-state index contributed by atoms with van der Waals surface area (Å²) in [5.74, 6) is -3.60. The number of nitrogens with one attached hydrogen (secondary N) is 1. The van der Waals surface area contributed by atoms with Crippen LogP contribution < -0.4 is 5.32 Å². The van der Waals surface area contributed by atoms with Crippen molar-refractivity contribution in [2.75, 3.05) is 24.2 Å². The molecule has 0 aromatic heterocycles. The molecule has 1 aliphatic rings. The monoisotopic (exact) mass is 356 g/mol. The first-order chi connectivity index (χ1) is 11.4. The Balaban J connectivity index is 2.09. The van der Waals surface area contributed by atoms with E-state index in [2.05, 4.69) is 5.32 Å². The third kappa shape index (κ3) is 4.31. The maximum absolute atomic E-state index is 13.5. The molecule has 2 amide bonds. The summed E-state index contributed by atoms with van der Waals surface area (Å²) in [6.45, 7) is 1.34. The molecule has 2 rings (SSSR count). The minimum atomic E-state index is -0.923. The van der Waals surface area contributed by atoms with Crippen molar-refractivity contribution < 1.29 is 27.9 Å². The van der Waals surface area contributed by atoms with Gasteiger partial charge in [0.05, 0.1) is 23.5 Å². The molecular weight excluding hydrogens is 342 g/mol. The number of esters is 1. The highest BCUT2D eigenvalue weighted by Crippen LogP contribution is 2.28. The van der Waals surface area contributed by atoms with Crippen molar-refractivity contribution in [1.29, 1.82) is 0 Å². The molecule has 0 radical (unpaired) electrons. The van der Waals surface area contributed by atoms with E-state index in [1.165, 1.54) is 6.07 Å². The van der Waals surface area contributed by atoms with Gasteiger partial charge in [0, 0.05) is 0 Å². The summed E-state index contributed by atoms with van der Waals surface area (Å²) in [4.78, 5) is 36.3. The summed E-state index contributed by atoms with van der Waals surface area (Å²) in [5, 5.41) is 2.34. The Labute approximate surface area is 140 Å². The van der Waals surface area contributed by atoms with Crippen molar-refractivity contribution in [3.8, 4) is 0 Å². The van der Waals surface area contributed by atoms with Gasteiger partial charge in [0.1, 0.15) is 23.9 Å². The number of benzene rings is 1. The summed E-state index contributed by atoms with van der Waals surface area (Å²) >= 11 is 1.08. The highest BCUT2D eigenvalue weighted by atomic mass is 32.2. The fourth-order valence-electron chi connectivity index (χ4n) is 1.92. The third-order valence-corrected chi connectivity index (χ3v) is 3.99. The number of halogens is 2. The maximum atomic E-state index is 13.5. The molecule has 1 saturated heterocycles. The molecule has 1 aromatic carbocycles. The standard InChI is InChI=1S/C15H14F2N2O4S/c1-2-23-14(22)6-13-19(12(21)8-24-13)7-11(20)18-15-9(16)4-3-5-10(15)17/h3-6H,2,7-8H2,1H3,(H,18,20)/b13-6-. The predicted octanol–water partition coefficient (Wildman–Crippen LogP) is 1.88. The van der Waals surface area contributed by atoms with E-state index in [0.717, 1.165) is 34.9 Å². The molecule has 1 heterocycles. The third-order valence-electron chi connectivity index (χ3n) is 2.97. The van der Waals surface area contributed by atoms with E-state index in [0.29, 0.717) is 0 Å². The topological polar surface area (TPSA) is 75.7 Å². The molecule has 0 saturated carbocycles. The average Bonchev–Trinajstić information content (AvgIpc) is 2.84. The number of thioether (sulfide) groups is 1. The number of nitrogens with zero attached hydrogens (tertiary/aromatic N) is 1. The van der Waals surface area contributed by atoms with Gasteiger partial charge in [0.25, 0.3) is 0 Å². The Morgan fingerprint density at radius 2 is 2.04 bits per heavy atom. The molecule has 0 spiro atoms. The van der Waals surface area contributed by atoms with E-state index in [1.54, 1.807) is 6.92 Å². The Bertz CT molecular complexity index is 688. The van der Waals surface area contributed by atoms with Crippen LogP contribution in [0, 0.1) is 11.6 Å². The van der Waals surface area contributed by atoms with Crippen molar-refractivity contribution >= 4 is 35.2 Å². The van der Waals surface area contributed by atoms with E-state index >= 15 is 0 Å². The summed E-state index contributed by atoms with van der Waals surface area (Å²) in [6, 6.07) is 3.17. The first kappa shape index (κ1) is 17.9. The summed E-state index contributed by atoms with van der Waals surface area (Å²) in [5.41, 5.74) is -0.585. The minimum Gasteiger partial charge on any atom is -0.463 e. The predicted molar refractivity (Wildman–Crippen MR) is 83.9 cm³/mol. The van der Waals surface area contributed by atoms with E-state index < -0.39 is 35.7 Å². The molecule has 24 heavy (non-hydrogen) atoms. The van der Waals surface area contributed by atoms with Gasteiger partial charge in [-0.2, -0.15) is 0 Å². The number of hydrogen-bond donors (Lipinski definition) is 1. The zero-order valence-corrected chi connectivity index (χ0v) is 13.5. The normalized spacial score (nSPS) is 15.7. The van der Waals surface area contributed by atoms with Crippen LogP contribution >= 0.6 is 11.8 Å². The van der Waals surface area contributed by atoms with Gasteiger partial charge in [-0.3, -0.25) is 14.5 Å². The minimum absolute atomic E-state index is 0.0621. The lowest BCUT2D eigenvalue weighted by molar-refractivity contribution is -0.137. The second-order valence-electron chi connectivity index (χ2n) is 4.65. The van der Waals surface area contributed by atoms with Gasteiger partial charge in [-0.1, -0.05) is 17.8 Å². The van der Waals surface area contributed by atoms with Crippen LogP contribution in [-0.2, 0) is 19.1 Å². The highest BCUT2D eigenvalue weighted by molar-refractivity contribution is 8.04. The smallest absolute Gasteiger partial charge is 0.333 e. The van der Waals surface area contributed by atoms with Crippen molar-refractivity contribution in [3.63, 3.8) is 0 Å². The van der Waals surface area contributed by atoms with Crippen molar-refractivity contribution in [2.24, 2.45) is 0 Å². The highest BCUT2D eigenvalue weighted by Gasteiger charge is 2.29. The average molecular weight is 356 g/mol. The molecule has 0 aliphatic carbocycles. The lowest BCUT2D eigenvalue weighted by Crippen LogP contribution is -2.34. The van der Waals surface area contributed by atoms with Gasteiger partial charge in [-0.05, 0) is 19.1 Å². The van der Waals surface area contributed by atoms with Crippen LogP contribution in [-0.4, -0.2) is 41.6 Å². The number of carbonyl (C=O) groups is 3. The Kier molecular flexibility index (Phi) is 5.91. The van der Waals surface area contributed by atoms with Crippen LogP contribution in [0.25, 0.3) is 0 Å². The second kappa shape index (κ2) is 7.91. The maximum Gasteiger partial charge on any atom is 0.333 e. The van der Waals surface area contributed by atoms with Crippen molar-refractivity contribution in [2.45, 2.75) is 6.92 Å². The lowest BCUT2D eigenvalue weighted by Gasteiger charge is -2.16. The van der Waals surface area contributed by atoms with E-state index in [4.69, 9.17) is 4.74 Å². The van der Waals surface area contributed by atoms with E-state index in [-0.39, 0.29) is 23.3 Å². The summed E-state index contributed by atoms with van der Waals surface area (Å²) < 4.78 is 31.8. The molecule has 1 aromatic rings. The van der Waals surface area contributed by atoms with Gasteiger partial charge < -0.3 is 10.1 Å². The molecular formula is C15H14F2N2O4S. The Morgan fingerprint density at radius 1 is 1.38 bits per heavy atom. The molecule has 0 unspecified atom stereocenters. The van der Waals surface area contributed by atoms with Crippen molar-refractivity contribution in [1.82, 2.24) is 4.90 Å². The van der Waals surface area contributed by atoms with Crippen LogP contribution in [0.5, 0.6) is 0 Å². The number of amides is 2. The molecule has 6 nitrogen and oxygen atoms in total. The molecule has 1 aliphatic heterocycles. The van der Waals surface area contributed by atoms with Crippen LogP contribution in [0.2, 0.25) is 0 Å². The Hall–Kier alpha value is -2.42. The summed E-state index contributed by atoms with van der Waals surface area (Å²) in [7, 11) is 0. The van der Waals surface area contributed by atoms with Gasteiger partial charge in [0.15, 0.2) is 0 Å². The quantitative estimate of drug-likeness (QED) is 0.644. The molecule has 9 heteroatoms. The second-order valence-corrected chi connectivity index (χ2v) is 5.64. The largest absolute Gasteiger partial charge is 0.463 e. The van der Waals surface area contributed by atoms with Crippen LogP contribution in [0.1, 0.15) is 6.92 Å². The zero-order valence-electron chi connectivity index (χ0n) is 12.7. The van der Waals surface area contributed by atoms with Gasteiger partial charge in [-0.25, -0.2) is 13.6 Å². The number of ether oxygens (including phenoxy) is 1. The number of hydrogen-bond acceptors (Lipinski definition) is 5. The van der Waals surface area contributed by atoms with Crippen molar-refractivity contribution in [3.05, 3.63) is 40.9 Å². The zero-order chi connectivity index (χ0) is 17.7. The SMILES string of the molecule is CCOC(=O)/C=C1\SCC(=O)N1CC(=O)Nc1c(F)cccc1F. The fraction of sp³-hybridized carbons (Fsp3) is 0.267. The first-order valence-corrected chi connectivity index (χ1v) is 7.96. The number of anilines is 1.